The Morgan fingerprint density at radius 2 is 1.58 bits per heavy atom. The van der Waals surface area contributed by atoms with Gasteiger partial charge in [0.05, 0.1) is 6.61 Å². The molecule has 7 nitrogen and oxygen atoms in total. The molecule has 3 atom stereocenters. The minimum absolute atomic E-state index is 0.923. The second kappa shape index (κ2) is 4.12. The molecule has 74 valence electrons. The Balaban J connectivity index is 4.40. The first-order valence-corrected chi connectivity index (χ1v) is 4.42. The zero-order valence-corrected chi connectivity index (χ0v) is 6.72. The van der Waals surface area contributed by atoms with Crippen LogP contribution in [0.15, 0.2) is 0 Å². The first kappa shape index (κ1) is 11.8. The van der Waals surface area contributed by atoms with E-state index in [1.165, 1.54) is 0 Å². The van der Waals surface area contributed by atoms with Crippen molar-refractivity contribution in [2.45, 2.75) is 17.6 Å². The molecule has 0 bridgehead atoms. The summed E-state index contributed by atoms with van der Waals surface area (Å²) in [7, 11) is -4.82. The summed E-state index contributed by atoms with van der Waals surface area (Å²) in [6, 6.07) is 0. The lowest BCUT2D eigenvalue weighted by Gasteiger charge is -2.18. The molecule has 0 aromatic heterocycles. The van der Waals surface area contributed by atoms with Crippen LogP contribution in [0, 0.1) is 0 Å². The molecule has 0 rings (SSSR count). The lowest BCUT2D eigenvalue weighted by atomic mass is 10.2. The van der Waals surface area contributed by atoms with Crippen LogP contribution in [-0.2, 0) is 10.1 Å². The van der Waals surface area contributed by atoms with Gasteiger partial charge in [0.2, 0.25) is 5.44 Å². The molecule has 8 heteroatoms. The molecular formula is C4H10O7S. The minimum atomic E-state index is -4.82. The summed E-state index contributed by atoms with van der Waals surface area (Å²) in [6.07, 6.45) is -3.95. The van der Waals surface area contributed by atoms with Gasteiger partial charge in [-0.05, 0) is 0 Å². The first-order valence-electron chi connectivity index (χ1n) is 2.92. The van der Waals surface area contributed by atoms with Gasteiger partial charge < -0.3 is 20.4 Å². The molecule has 12 heavy (non-hydrogen) atoms. The maximum atomic E-state index is 10.1. The topological polar surface area (TPSA) is 135 Å². The summed E-state index contributed by atoms with van der Waals surface area (Å²) in [5.74, 6) is 0. The smallest absolute Gasteiger partial charge is 0.294 e. The lowest BCUT2D eigenvalue weighted by molar-refractivity contribution is -0.0533. The third kappa shape index (κ3) is 3.01. The fourth-order valence-corrected chi connectivity index (χ4v) is 1.01. The fraction of sp³-hybridized carbons (Fsp3) is 1.00. The second-order valence-electron chi connectivity index (χ2n) is 2.15. The molecular weight excluding hydrogens is 192 g/mol. The highest BCUT2D eigenvalue weighted by atomic mass is 32.2. The van der Waals surface area contributed by atoms with Gasteiger partial charge in [-0.2, -0.15) is 8.42 Å². The molecule has 0 saturated carbocycles. The van der Waals surface area contributed by atoms with E-state index in [-0.39, 0.29) is 0 Å². The van der Waals surface area contributed by atoms with E-state index in [0.29, 0.717) is 0 Å². The van der Waals surface area contributed by atoms with Crippen molar-refractivity contribution in [3.63, 3.8) is 0 Å². The largest absolute Gasteiger partial charge is 0.394 e. The van der Waals surface area contributed by atoms with E-state index in [9.17, 15) is 8.42 Å². The molecule has 0 fully saturated rings. The minimum Gasteiger partial charge on any atom is -0.394 e. The highest BCUT2D eigenvalue weighted by Gasteiger charge is 2.33. The van der Waals surface area contributed by atoms with Crippen molar-refractivity contribution in [1.82, 2.24) is 0 Å². The average Bonchev–Trinajstić information content (AvgIpc) is 1.98. The quantitative estimate of drug-likeness (QED) is 0.305. The van der Waals surface area contributed by atoms with Gasteiger partial charge in [0, 0.05) is 0 Å². The Bertz CT molecular complexity index is 222. The molecule has 5 N–H and O–H groups in total. The molecule has 0 aromatic rings. The van der Waals surface area contributed by atoms with Crippen LogP contribution in [0.5, 0.6) is 0 Å². The summed E-state index contributed by atoms with van der Waals surface area (Å²) in [6.45, 7) is -0.923. The van der Waals surface area contributed by atoms with E-state index < -0.39 is 34.4 Å². The molecule has 0 spiro atoms. The Kier molecular flexibility index (Phi) is 4.03. The second-order valence-corrected chi connectivity index (χ2v) is 3.66. The summed E-state index contributed by atoms with van der Waals surface area (Å²) in [5.41, 5.74) is -2.51. The molecule has 0 radical (unpaired) electrons. The third-order valence-electron chi connectivity index (χ3n) is 1.18. The Labute approximate surface area is 68.6 Å². The van der Waals surface area contributed by atoms with Gasteiger partial charge >= 0.3 is 0 Å². The Morgan fingerprint density at radius 3 is 1.83 bits per heavy atom. The number of aliphatic hydroxyl groups is 4. The van der Waals surface area contributed by atoms with Crippen molar-refractivity contribution in [2.75, 3.05) is 6.61 Å². The van der Waals surface area contributed by atoms with Gasteiger partial charge in [-0.1, -0.05) is 0 Å². The zero-order chi connectivity index (χ0) is 9.94. The molecule has 0 aliphatic heterocycles. The molecule has 0 aromatic carbocycles. The highest BCUT2D eigenvalue weighted by molar-refractivity contribution is 7.86. The molecule has 0 saturated heterocycles. The molecule has 0 aliphatic rings. The van der Waals surface area contributed by atoms with Crippen molar-refractivity contribution < 1.29 is 33.4 Å². The SMILES string of the molecule is O=S(=O)(O)C(O)[C@@H](O)[C@H](O)CO. The van der Waals surface area contributed by atoms with Gasteiger partial charge in [-0.25, -0.2) is 0 Å². The molecule has 0 heterocycles. The van der Waals surface area contributed by atoms with Crippen molar-refractivity contribution in [2.24, 2.45) is 0 Å². The number of hydrogen-bond donors (Lipinski definition) is 5. The van der Waals surface area contributed by atoms with Crippen LogP contribution >= 0.6 is 0 Å². The van der Waals surface area contributed by atoms with E-state index in [0.717, 1.165) is 0 Å². The molecule has 0 amide bonds. The third-order valence-corrected chi connectivity index (χ3v) is 2.07. The predicted molar refractivity (Wildman–Crippen MR) is 36.7 cm³/mol. The molecule has 1 unspecified atom stereocenters. The van der Waals surface area contributed by atoms with Crippen LogP contribution in [0.1, 0.15) is 0 Å². The number of aliphatic hydroxyl groups excluding tert-OH is 4. The van der Waals surface area contributed by atoms with Crippen molar-refractivity contribution in [3.8, 4) is 0 Å². The van der Waals surface area contributed by atoms with Gasteiger partial charge in [-0.15, -0.1) is 0 Å². The lowest BCUT2D eigenvalue weighted by Crippen LogP contribution is -2.43. The standard InChI is InChI=1S/C4H10O7S/c5-1-2(6)3(7)4(8)12(9,10)11/h2-8H,1H2,(H,9,10,11)/t2-,3+,4?/m1/s1. The normalized spacial score (nSPS) is 20.1. The van der Waals surface area contributed by atoms with Gasteiger partial charge in [0.15, 0.2) is 0 Å². The maximum absolute atomic E-state index is 10.1. The van der Waals surface area contributed by atoms with E-state index in [1.807, 2.05) is 0 Å². The van der Waals surface area contributed by atoms with E-state index in [2.05, 4.69) is 0 Å². The average molecular weight is 202 g/mol. The summed E-state index contributed by atoms with van der Waals surface area (Å²) in [5, 5.41) is 34.2. The highest BCUT2D eigenvalue weighted by Crippen LogP contribution is 2.05. The Morgan fingerprint density at radius 1 is 1.17 bits per heavy atom. The van der Waals surface area contributed by atoms with Crippen molar-refractivity contribution in [3.05, 3.63) is 0 Å². The monoisotopic (exact) mass is 202 g/mol. The number of hydrogen-bond acceptors (Lipinski definition) is 6. The summed E-state index contributed by atoms with van der Waals surface area (Å²) < 4.78 is 28.5. The van der Waals surface area contributed by atoms with Crippen LogP contribution in [0.25, 0.3) is 0 Å². The summed E-state index contributed by atoms with van der Waals surface area (Å²) in [4.78, 5) is 0. The van der Waals surface area contributed by atoms with E-state index >= 15 is 0 Å². The zero-order valence-electron chi connectivity index (χ0n) is 5.90. The van der Waals surface area contributed by atoms with Crippen LogP contribution in [-0.4, -0.2) is 57.6 Å². The maximum Gasteiger partial charge on any atom is 0.294 e. The van der Waals surface area contributed by atoms with Gasteiger partial charge in [0.25, 0.3) is 10.1 Å². The van der Waals surface area contributed by atoms with Crippen molar-refractivity contribution >= 4 is 10.1 Å². The molecule has 0 aliphatic carbocycles. The predicted octanol–water partition coefficient (Wildman–Crippen LogP) is -3.09. The van der Waals surface area contributed by atoms with E-state index in [4.69, 9.17) is 25.0 Å². The Hall–Kier alpha value is -0.250. The first-order chi connectivity index (χ1) is 5.30. The van der Waals surface area contributed by atoms with Crippen LogP contribution in [0.4, 0.5) is 0 Å². The fourth-order valence-electron chi connectivity index (χ4n) is 0.474. The van der Waals surface area contributed by atoms with Crippen molar-refractivity contribution in [1.29, 1.82) is 0 Å². The van der Waals surface area contributed by atoms with E-state index in [1.54, 1.807) is 0 Å². The van der Waals surface area contributed by atoms with Crippen LogP contribution in [0.3, 0.4) is 0 Å². The van der Waals surface area contributed by atoms with Gasteiger partial charge in [-0.3, -0.25) is 4.55 Å². The number of rotatable bonds is 4. The van der Waals surface area contributed by atoms with Gasteiger partial charge in [0.1, 0.15) is 12.2 Å². The van der Waals surface area contributed by atoms with Crippen LogP contribution in [0.2, 0.25) is 0 Å². The van der Waals surface area contributed by atoms with Crippen LogP contribution < -0.4 is 0 Å². The summed E-state index contributed by atoms with van der Waals surface area (Å²) >= 11 is 0.